The van der Waals surface area contributed by atoms with Gasteiger partial charge in [0.1, 0.15) is 9.46 Å². The van der Waals surface area contributed by atoms with E-state index in [0.29, 0.717) is 7.16 Å². The molecule has 22 heavy (non-hydrogen) atoms. The van der Waals surface area contributed by atoms with E-state index in [9.17, 15) is 19.8 Å². The number of carboxylic acid groups (broad SMARTS) is 2. The average Bonchev–Trinajstić information content (AvgIpc) is 2.37. The van der Waals surface area contributed by atoms with Crippen LogP contribution in [-0.4, -0.2) is 52.8 Å². The maximum atomic E-state index is 11.7. The van der Waals surface area contributed by atoms with Gasteiger partial charge in [-0.2, -0.15) is 0 Å². The van der Waals surface area contributed by atoms with Gasteiger partial charge in [0.25, 0.3) is 0 Å². The van der Waals surface area contributed by atoms with Crippen molar-refractivity contribution in [1.82, 2.24) is 5.32 Å². The Kier molecular flexibility index (Phi) is 7.98. The number of methoxy groups -OCH3 is 2. The predicted octanol–water partition coefficient (Wildman–Crippen LogP) is 2.13. The van der Waals surface area contributed by atoms with E-state index in [-0.39, 0.29) is 12.1 Å². The molecule has 0 radical (unpaired) electrons. The number of carbonyl (C=O) groups is 2. The SMILES string of the molecule is COC(CNC1(I)C(C(=O)O)=C(I)C=C(I)C1C(=O)O)OC. The highest BCUT2D eigenvalue weighted by molar-refractivity contribution is 14.1. The van der Waals surface area contributed by atoms with Gasteiger partial charge in [0, 0.05) is 27.9 Å². The molecule has 0 spiro atoms. The Morgan fingerprint density at radius 1 is 1.36 bits per heavy atom. The van der Waals surface area contributed by atoms with Crippen molar-refractivity contribution < 1.29 is 29.3 Å². The first-order valence-electron chi connectivity index (χ1n) is 5.92. The zero-order chi connectivity index (χ0) is 17.1. The van der Waals surface area contributed by atoms with Gasteiger partial charge < -0.3 is 19.7 Å². The van der Waals surface area contributed by atoms with Crippen LogP contribution in [0.2, 0.25) is 0 Å². The molecule has 0 aromatic heterocycles. The predicted molar refractivity (Wildman–Crippen MR) is 104 cm³/mol. The first kappa shape index (κ1) is 20.5. The van der Waals surface area contributed by atoms with Crippen LogP contribution in [0.1, 0.15) is 0 Å². The fourth-order valence-corrected chi connectivity index (χ4v) is 7.10. The van der Waals surface area contributed by atoms with Crippen molar-refractivity contribution >= 4 is 79.7 Å². The molecule has 0 bridgehead atoms. The maximum Gasteiger partial charge on any atom is 0.335 e. The summed E-state index contributed by atoms with van der Waals surface area (Å²) in [4.78, 5) is 23.3. The lowest BCUT2D eigenvalue weighted by Gasteiger charge is -2.38. The fourth-order valence-electron chi connectivity index (χ4n) is 2.02. The minimum absolute atomic E-state index is 0.00692. The summed E-state index contributed by atoms with van der Waals surface area (Å²) in [5.74, 6) is -3.28. The molecule has 7 nitrogen and oxygen atoms in total. The third-order valence-corrected chi connectivity index (χ3v) is 6.38. The highest BCUT2D eigenvalue weighted by Crippen LogP contribution is 2.47. The van der Waals surface area contributed by atoms with Gasteiger partial charge in [0.05, 0.1) is 5.57 Å². The van der Waals surface area contributed by atoms with Gasteiger partial charge in [-0.05, 0) is 51.3 Å². The number of hydrogen-bond acceptors (Lipinski definition) is 5. The van der Waals surface area contributed by atoms with Crippen molar-refractivity contribution in [1.29, 1.82) is 0 Å². The summed E-state index contributed by atoms with van der Waals surface area (Å²) in [6.45, 7) is 0.143. The molecular weight excluding hydrogens is 635 g/mol. The third-order valence-electron chi connectivity index (χ3n) is 3.05. The minimum Gasteiger partial charge on any atom is -0.481 e. The summed E-state index contributed by atoms with van der Waals surface area (Å²) in [5.41, 5.74) is 0.00692. The molecule has 0 amide bonds. The number of rotatable bonds is 7. The Morgan fingerprint density at radius 2 is 1.91 bits per heavy atom. The lowest BCUT2D eigenvalue weighted by Crippen LogP contribution is -2.55. The lowest BCUT2D eigenvalue weighted by atomic mass is 9.88. The van der Waals surface area contributed by atoms with Crippen molar-refractivity contribution in [3.05, 3.63) is 18.8 Å². The molecule has 2 atom stereocenters. The molecule has 0 aromatic carbocycles. The van der Waals surface area contributed by atoms with E-state index in [1.54, 1.807) is 6.08 Å². The Morgan fingerprint density at radius 3 is 2.32 bits per heavy atom. The molecular formula is C12H14I3NO6. The monoisotopic (exact) mass is 649 g/mol. The highest BCUT2D eigenvalue weighted by atomic mass is 127. The van der Waals surface area contributed by atoms with E-state index >= 15 is 0 Å². The molecule has 1 aliphatic carbocycles. The molecule has 0 fully saturated rings. The van der Waals surface area contributed by atoms with Gasteiger partial charge >= 0.3 is 11.9 Å². The quantitative estimate of drug-likeness (QED) is 0.168. The van der Waals surface area contributed by atoms with E-state index in [1.165, 1.54) is 14.2 Å². The Bertz CT molecular complexity index is 531. The van der Waals surface area contributed by atoms with Gasteiger partial charge in [-0.1, -0.05) is 22.6 Å². The number of hydrogen-bond donors (Lipinski definition) is 3. The van der Waals surface area contributed by atoms with Gasteiger partial charge in [0.15, 0.2) is 6.29 Å². The number of ether oxygens (including phenoxy) is 2. The van der Waals surface area contributed by atoms with Crippen molar-refractivity contribution in [3.8, 4) is 0 Å². The zero-order valence-electron chi connectivity index (χ0n) is 11.6. The van der Waals surface area contributed by atoms with Crippen LogP contribution >= 0.6 is 67.8 Å². The molecule has 0 aromatic rings. The molecule has 124 valence electrons. The van der Waals surface area contributed by atoms with Crippen LogP contribution in [0.3, 0.4) is 0 Å². The van der Waals surface area contributed by atoms with E-state index in [1.807, 2.05) is 67.8 Å². The first-order chi connectivity index (χ1) is 10.2. The molecule has 0 saturated carbocycles. The summed E-state index contributed by atoms with van der Waals surface area (Å²) in [6.07, 6.45) is 0.962. The fraction of sp³-hybridized carbons (Fsp3) is 0.500. The second-order valence-corrected chi connectivity index (χ2v) is 8.43. The van der Waals surface area contributed by atoms with Gasteiger partial charge in [-0.15, -0.1) is 0 Å². The number of alkyl halides is 1. The number of halogens is 3. The van der Waals surface area contributed by atoms with E-state index in [2.05, 4.69) is 5.32 Å². The Balaban J connectivity index is 3.29. The summed E-state index contributed by atoms with van der Waals surface area (Å²) in [6, 6.07) is 0. The second-order valence-electron chi connectivity index (χ2n) is 4.32. The first-order valence-corrected chi connectivity index (χ1v) is 9.15. The average molecular weight is 649 g/mol. The highest BCUT2D eigenvalue weighted by Gasteiger charge is 2.51. The third kappa shape index (κ3) is 4.31. The molecule has 1 rings (SSSR count). The molecule has 0 heterocycles. The number of allylic oxidation sites excluding steroid dienone is 2. The standard InChI is InChI=1S/C12H14I3NO6/c1-21-7(22-2)4-16-12(15)8(10(17)18)5(13)3-6(14)9(12)11(19)20/h3,7-8,16H,4H2,1-2H3,(H,17,18)(H,19,20). The summed E-state index contributed by atoms with van der Waals surface area (Å²) in [7, 11) is 2.90. The van der Waals surface area contributed by atoms with E-state index in [4.69, 9.17) is 9.47 Å². The van der Waals surface area contributed by atoms with Crippen LogP contribution in [0.5, 0.6) is 0 Å². The van der Waals surface area contributed by atoms with Crippen LogP contribution in [0.15, 0.2) is 18.8 Å². The summed E-state index contributed by atoms with van der Waals surface area (Å²) >= 11 is 5.67. The summed E-state index contributed by atoms with van der Waals surface area (Å²) in [5, 5.41) is 22.0. The van der Waals surface area contributed by atoms with Crippen LogP contribution < -0.4 is 5.32 Å². The summed E-state index contributed by atoms with van der Waals surface area (Å²) < 4.78 is 9.85. The van der Waals surface area contributed by atoms with Crippen LogP contribution in [0, 0.1) is 5.92 Å². The van der Waals surface area contributed by atoms with Crippen molar-refractivity contribution in [2.24, 2.45) is 5.92 Å². The number of nitrogens with one attached hydrogen (secondary N) is 1. The Labute approximate surface area is 168 Å². The lowest BCUT2D eigenvalue weighted by molar-refractivity contribution is -0.141. The number of aliphatic carboxylic acids is 2. The maximum absolute atomic E-state index is 11.7. The smallest absolute Gasteiger partial charge is 0.335 e. The normalized spacial score (nSPS) is 25.4. The van der Waals surface area contributed by atoms with Crippen molar-refractivity contribution in [3.63, 3.8) is 0 Å². The van der Waals surface area contributed by atoms with Crippen LogP contribution in [0.4, 0.5) is 0 Å². The van der Waals surface area contributed by atoms with Gasteiger partial charge in [-0.3, -0.25) is 10.1 Å². The minimum atomic E-state index is -1.31. The molecule has 0 saturated heterocycles. The largest absolute Gasteiger partial charge is 0.481 e. The van der Waals surface area contributed by atoms with E-state index < -0.39 is 27.7 Å². The van der Waals surface area contributed by atoms with Crippen LogP contribution in [0.25, 0.3) is 0 Å². The Hall–Kier alpha value is 0.490. The van der Waals surface area contributed by atoms with Gasteiger partial charge in [0.2, 0.25) is 0 Å². The topological polar surface area (TPSA) is 105 Å². The molecule has 10 heteroatoms. The second kappa shape index (κ2) is 8.55. The van der Waals surface area contributed by atoms with Crippen molar-refractivity contribution in [2.75, 3.05) is 20.8 Å². The zero-order valence-corrected chi connectivity index (χ0v) is 18.1. The molecule has 3 N–H and O–H groups in total. The van der Waals surface area contributed by atoms with E-state index in [0.717, 1.165) is 0 Å². The van der Waals surface area contributed by atoms with Crippen molar-refractivity contribution in [2.45, 2.75) is 9.84 Å². The molecule has 0 aliphatic heterocycles. The molecule has 2 unspecified atom stereocenters. The van der Waals surface area contributed by atoms with Crippen LogP contribution in [-0.2, 0) is 19.1 Å². The van der Waals surface area contributed by atoms with Gasteiger partial charge in [-0.25, -0.2) is 4.79 Å². The molecule has 1 aliphatic rings. The number of carboxylic acids is 2.